The Morgan fingerprint density at radius 1 is 0.619 bits per heavy atom. The van der Waals surface area contributed by atoms with Crippen LogP contribution in [0.15, 0.2) is 63.7 Å². The van der Waals surface area contributed by atoms with Crippen LogP contribution < -0.4 is 10.0 Å². The average molecular weight is 599 g/mol. The monoisotopic (exact) mass is 598 g/mol. The van der Waals surface area contributed by atoms with Crippen molar-refractivity contribution < 1.29 is 13.2 Å². The summed E-state index contributed by atoms with van der Waals surface area (Å²) in [5, 5.41) is 13.6. The number of carbonyl (C=O) groups excluding carboxylic acids is 1. The topological polar surface area (TPSA) is 105 Å². The van der Waals surface area contributed by atoms with E-state index in [1.807, 2.05) is 29.2 Å². The van der Waals surface area contributed by atoms with E-state index in [2.05, 4.69) is 24.1 Å². The summed E-state index contributed by atoms with van der Waals surface area (Å²) in [7, 11) is -3.74. The maximum atomic E-state index is 13.2. The summed E-state index contributed by atoms with van der Waals surface area (Å²) in [6.07, 6.45) is 21.9. The highest BCUT2D eigenvalue weighted by atomic mass is 32.2. The Hall–Kier alpha value is -2.58. The van der Waals surface area contributed by atoms with E-state index in [4.69, 9.17) is 5.14 Å². The van der Waals surface area contributed by atoms with Crippen LogP contribution in [0.4, 0.5) is 17.1 Å². The first-order valence-corrected chi connectivity index (χ1v) is 17.8. The van der Waals surface area contributed by atoms with Gasteiger partial charge >= 0.3 is 0 Å². The molecule has 0 unspecified atom stereocenters. The molecule has 2 rings (SSSR count). The molecule has 0 bridgehead atoms. The van der Waals surface area contributed by atoms with Crippen molar-refractivity contribution in [2.24, 2.45) is 15.4 Å². The molecule has 0 aliphatic carbocycles. The predicted octanol–water partition coefficient (Wildman–Crippen LogP) is 10.1. The van der Waals surface area contributed by atoms with Crippen LogP contribution in [0.1, 0.15) is 129 Å². The largest absolute Gasteiger partial charge is 0.312 e. The van der Waals surface area contributed by atoms with Crippen molar-refractivity contribution in [3.63, 3.8) is 0 Å². The van der Waals surface area contributed by atoms with Crippen molar-refractivity contribution in [2.45, 2.75) is 134 Å². The highest BCUT2D eigenvalue weighted by molar-refractivity contribution is 7.89. The van der Waals surface area contributed by atoms with E-state index in [-0.39, 0.29) is 10.8 Å². The average Bonchev–Trinajstić information content (AvgIpc) is 2.98. The quantitative estimate of drug-likeness (QED) is 0.102. The van der Waals surface area contributed by atoms with E-state index in [0.717, 1.165) is 44.3 Å². The predicted molar refractivity (Wildman–Crippen MR) is 175 cm³/mol. The molecule has 0 heterocycles. The number of carbonyl (C=O) groups is 1. The van der Waals surface area contributed by atoms with Gasteiger partial charge in [0.15, 0.2) is 0 Å². The molecule has 1 amide bonds. The van der Waals surface area contributed by atoms with Crippen molar-refractivity contribution in [3.8, 4) is 0 Å². The molecular formula is C34H54N4O3S. The SMILES string of the molecule is CCCCCCCCCCCCCCCC(=O)N(CCCCCC)c1ccc(N=Nc2ccc(S(N)(=O)=O)cc2)cc1. The second kappa shape index (κ2) is 21.2. The molecule has 0 fully saturated rings. The number of azo groups is 1. The number of nitrogens with two attached hydrogens (primary N) is 1. The van der Waals surface area contributed by atoms with Crippen LogP contribution >= 0.6 is 0 Å². The number of nitrogens with zero attached hydrogens (tertiary/aromatic N) is 3. The van der Waals surface area contributed by atoms with Crippen molar-refractivity contribution in [3.05, 3.63) is 48.5 Å². The number of primary sulfonamides is 1. The Balaban J connectivity index is 1.79. The molecule has 2 aromatic carbocycles. The minimum atomic E-state index is -3.74. The molecule has 2 aromatic rings. The zero-order valence-electron chi connectivity index (χ0n) is 26.1. The number of sulfonamides is 1. The molecular weight excluding hydrogens is 544 g/mol. The highest BCUT2D eigenvalue weighted by Crippen LogP contribution is 2.24. The summed E-state index contributed by atoms with van der Waals surface area (Å²) in [6, 6.07) is 13.5. The molecule has 0 radical (unpaired) electrons. The Morgan fingerprint density at radius 2 is 1.02 bits per heavy atom. The number of unbranched alkanes of at least 4 members (excludes halogenated alkanes) is 15. The summed E-state index contributed by atoms with van der Waals surface area (Å²) < 4.78 is 22.8. The molecule has 0 spiro atoms. The first kappa shape index (κ1) is 35.6. The van der Waals surface area contributed by atoms with Gasteiger partial charge in [0, 0.05) is 18.7 Å². The van der Waals surface area contributed by atoms with Crippen LogP contribution in [0.25, 0.3) is 0 Å². The lowest BCUT2D eigenvalue weighted by molar-refractivity contribution is -0.118. The van der Waals surface area contributed by atoms with Gasteiger partial charge in [-0.05, 0) is 61.4 Å². The third kappa shape index (κ3) is 15.1. The summed E-state index contributed by atoms with van der Waals surface area (Å²) in [4.78, 5) is 15.2. The van der Waals surface area contributed by atoms with Gasteiger partial charge in [0.25, 0.3) is 0 Å². The minimum Gasteiger partial charge on any atom is -0.312 e. The fourth-order valence-corrected chi connectivity index (χ4v) is 5.56. The second-order valence-electron chi connectivity index (χ2n) is 11.4. The lowest BCUT2D eigenvalue weighted by Crippen LogP contribution is -2.31. The molecule has 0 atom stereocenters. The maximum Gasteiger partial charge on any atom is 0.238 e. The van der Waals surface area contributed by atoms with Gasteiger partial charge in [0.05, 0.1) is 16.3 Å². The molecule has 234 valence electrons. The van der Waals surface area contributed by atoms with E-state index in [0.29, 0.717) is 17.8 Å². The van der Waals surface area contributed by atoms with E-state index < -0.39 is 10.0 Å². The maximum absolute atomic E-state index is 13.2. The first-order chi connectivity index (χ1) is 20.3. The Bertz CT molecular complexity index is 1130. The van der Waals surface area contributed by atoms with Gasteiger partial charge in [-0.15, -0.1) is 0 Å². The standard InChI is InChI=1S/C34H54N4O3S/c1-3-5-7-9-10-11-12-13-14-15-16-17-18-20-34(39)38(29-19-8-6-4-2)32-25-21-30(22-26-32)36-37-31-23-27-33(28-24-31)42(35,40)41/h21-28H,3-20,29H2,1-2H3,(H2,35,40,41). The van der Waals surface area contributed by atoms with Gasteiger partial charge in [0.2, 0.25) is 15.9 Å². The fourth-order valence-electron chi connectivity index (χ4n) is 5.04. The van der Waals surface area contributed by atoms with Crippen LogP contribution in [0, 0.1) is 0 Å². The highest BCUT2D eigenvalue weighted by Gasteiger charge is 2.15. The number of amides is 1. The van der Waals surface area contributed by atoms with E-state index in [1.54, 1.807) is 12.1 Å². The second-order valence-corrected chi connectivity index (χ2v) is 12.9. The van der Waals surface area contributed by atoms with Gasteiger partial charge in [-0.3, -0.25) is 4.79 Å². The Labute approximate surface area is 255 Å². The van der Waals surface area contributed by atoms with E-state index in [9.17, 15) is 13.2 Å². The van der Waals surface area contributed by atoms with Crippen LogP contribution in [0.2, 0.25) is 0 Å². The number of hydrogen-bond acceptors (Lipinski definition) is 5. The van der Waals surface area contributed by atoms with Crippen LogP contribution in [0.5, 0.6) is 0 Å². The summed E-state index contributed by atoms with van der Waals surface area (Å²) in [5.74, 6) is 0.193. The molecule has 0 aliphatic heterocycles. The van der Waals surface area contributed by atoms with Gasteiger partial charge in [-0.25, -0.2) is 13.6 Å². The Morgan fingerprint density at radius 3 is 1.48 bits per heavy atom. The molecule has 0 saturated carbocycles. The van der Waals surface area contributed by atoms with Crippen molar-refractivity contribution in [2.75, 3.05) is 11.4 Å². The van der Waals surface area contributed by atoms with E-state index in [1.165, 1.54) is 89.2 Å². The normalized spacial score (nSPS) is 11.8. The lowest BCUT2D eigenvalue weighted by Gasteiger charge is -2.23. The summed E-state index contributed by atoms with van der Waals surface area (Å²) in [5.41, 5.74) is 2.07. The number of hydrogen-bond donors (Lipinski definition) is 1. The lowest BCUT2D eigenvalue weighted by atomic mass is 10.0. The molecule has 8 heteroatoms. The molecule has 0 aromatic heterocycles. The van der Waals surface area contributed by atoms with Crippen LogP contribution in [-0.2, 0) is 14.8 Å². The summed E-state index contributed by atoms with van der Waals surface area (Å²) in [6.45, 7) is 5.19. The smallest absolute Gasteiger partial charge is 0.238 e. The van der Waals surface area contributed by atoms with Crippen LogP contribution in [-0.4, -0.2) is 20.9 Å². The van der Waals surface area contributed by atoms with Crippen molar-refractivity contribution in [1.29, 1.82) is 0 Å². The summed E-state index contributed by atoms with van der Waals surface area (Å²) >= 11 is 0. The molecule has 42 heavy (non-hydrogen) atoms. The third-order valence-electron chi connectivity index (χ3n) is 7.64. The first-order valence-electron chi connectivity index (χ1n) is 16.3. The fraction of sp³-hybridized carbons (Fsp3) is 0.618. The third-order valence-corrected chi connectivity index (χ3v) is 8.57. The number of rotatable bonds is 23. The van der Waals surface area contributed by atoms with Crippen molar-refractivity contribution in [1.82, 2.24) is 0 Å². The molecule has 7 nitrogen and oxygen atoms in total. The number of anilines is 1. The van der Waals surface area contributed by atoms with E-state index >= 15 is 0 Å². The zero-order chi connectivity index (χ0) is 30.5. The zero-order valence-corrected chi connectivity index (χ0v) is 26.9. The molecule has 0 saturated heterocycles. The van der Waals surface area contributed by atoms with Gasteiger partial charge in [-0.2, -0.15) is 10.2 Å². The Kier molecular flexibility index (Phi) is 17.9. The number of benzene rings is 2. The van der Waals surface area contributed by atoms with Gasteiger partial charge in [0.1, 0.15) is 0 Å². The minimum absolute atomic E-state index is 0.0355. The van der Waals surface area contributed by atoms with Gasteiger partial charge < -0.3 is 4.90 Å². The van der Waals surface area contributed by atoms with Crippen molar-refractivity contribution >= 4 is 33.0 Å². The molecule has 0 aliphatic rings. The molecule has 2 N–H and O–H groups in total. The van der Waals surface area contributed by atoms with Crippen LogP contribution in [0.3, 0.4) is 0 Å². The van der Waals surface area contributed by atoms with Gasteiger partial charge in [-0.1, -0.05) is 110 Å².